The third kappa shape index (κ3) is 3.22. The fourth-order valence-electron chi connectivity index (χ4n) is 1.60. The van der Waals surface area contributed by atoms with Crippen molar-refractivity contribution in [3.63, 3.8) is 0 Å². The van der Waals surface area contributed by atoms with Crippen molar-refractivity contribution in [2.45, 2.75) is 6.42 Å². The number of carboxylic acid groups (broad SMARTS) is 1. The summed E-state index contributed by atoms with van der Waals surface area (Å²) in [6.07, 6.45) is -0.414. The minimum absolute atomic E-state index is 0.0226. The molecule has 2 rings (SSSR count). The topological polar surface area (TPSA) is 50.2 Å². The molecule has 0 unspecified atom stereocenters. The molecular weight excluding hydrogens is 292 g/mol. The van der Waals surface area contributed by atoms with Gasteiger partial charge in [0.1, 0.15) is 0 Å². The van der Waals surface area contributed by atoms with E-state index in [4.69, 9.17) is 28.3 Å². The van der Waals surface area contributed by atoms with E-state index in [1.807, 2.05) is 0 Å². The normalized spacial score (nSPS) is 10.5. The molecular formula is C13H8Cl2FNO2. The van der Waals surface area contributed by atoms with E-state index in [1.165, 1.54) is 12.1 Å². The summed E-state index contributed by atoms with van der Waals surface area (Å²) in [7, 11) is 0. The maximum atomic E-state index is 13.7. The number of carbonyl (C=O) groups is 1. The largest absolute Gasteiger partial charge is 0.481 e. The smallest absolute Gasteiger partial charge is 0.307 e. The van der Waals surface area contributed by atoms with Crippen LogP contribution in [0.1, 0.15) is 5.56 Å². The van der Waals surface area contributed by atoms with Crippen LogP contribution in [0.25, 0.3) is 11.3 Å². The van der Waals surface area contributed by atoms with Gasteiger partial charge in [-0.05, 0) is 24.3 Å². The molecule has 19 heavy (non-hydrogen) atoms. The molecule has 6 heteroatoms. The quantitative estimate of drug-likeness (QED) is 0.877. The second-order valence-corrected chi connectivity index (χ2v) is 4.68. The third-order valence-electron chi connectivity index (χ3n) is 2.47. The Morgan fingerprint density at radius 3 is 2.63 bits per heavy atom. The van der Waals surface area contributed by atoms with Gasteiger partial charge >= 0.3 is 5.97 Å². The lowest BCUT2D eigenvalue weighted by Crippen LogP contribution is -2.04. The molecule has 3 nitrogen and oxygen atoms in total. The third-order valence-corrected chi connectivity index (χ3v) is 3.04. The number of rotatable bonds is 3. The fourth-order valence-corrected chi connectivity index (χ4v) is 1.99. The van der Waals surface area contributed by atoms with E-state index in [9.17, 15) is 9.18 Å². The highest BCUT2D eigenvalue weighted by molar-refractivity contribution is 6.35. The molecule has 98 valence electrons. The van der Waals surface area contributed by atoms with Gasteiger partial charge in [0.15, 0.2) is 0 Å². The van der Waals surface area contributed by atoms with Crippen molar-refractivity contribution < 1.29 is 14.3 Å². The Bertz CT molecular complexity index is 647. The summed E-state index contributed by atoms with van der Waals surface area (Å²) >= 11 is 11.8. The van der Waals surface area contributed by atoms with E-state index in [-0.39, 0.29) is 5.56 Å². The van der Waals surface area contributed by atoms with Gasteiger partial charge in [0.2, 0.25) is 5.95 Å². The van der Waals surface area contributed by atoms with Gasteiger partial charge in [0.25, 0.3) is 0 Å². The van der Waals surface area contributed by atoms with Gasteiger partial charge in [-0.25, -0.2) is 4.98 Å². The molecule has 0 saturated heterocycles. The van der Waals surface area contributed by atoms with Gasteiger partial charge in [0.05, 0.1) is 17.1 Å². The molecule has 0 saturated carbocycles. The lowest BCUT2D eigenvalue weighted by Gasteiger charge is -2.06. The number of aromatic nitrogens is 1. The van der Waals surface area contributed by atoms with Crippen LogP contribution < -0.4 is 0 Å². The summed E-state index contributed by atoms with van der Waals surface area (Å²) in [5, 5.41) is 9.47. The molecule has 0 radical (unpaired) electrons. The minimum atomic E-state index is -1.12. The number of hydrogen-bond acceptors (Lipinski definition) is 2. The molecule has 1 heterocycles. The van der Waals surface area contributed by atoms with Gasteiger partial charge in [-0.15, -0.1) is 0 Å². The highest BCUT2D eigenvalue weighted by atomic mass is 35.5. The van der Waals surface area contributed by atoms with E-state index in [0.717, 1.165) is 0 Å². The molecule has 1 N–H and O–H groups in total. The number of nitrogens with zero attached hydrogens (tertiary/aromatic N) is 1. The Morgan fingerprint density at radius 2 is 2.00 bits per heavy atom. The summed E-state index contributed by atoms with van der Waals surface area (Å²) in [4.78, 5) is 14.3. The molecule has 1 aromatic heterocycles. The average Bonchev–Trinajstić information content (AvgIpc) is 2.34. The number of benzene rings is 1. The molecule has 0 fully saturated rings. The summed E-state index contributed by atoms with van der Waals surface area (Å²) in [5.41, 5.74) is 0.823. The second-order valence-electron chi connectivity index (χ2n) is 3.84. The van der Waals surface area contributed by atoms with Crippen LogP contribution in [0.2, 0.25) is 10.0 Å². The van der Waals surface area contributed by atoms with Crippen LogP contribution in [0.3, 0.4) is 0 Å². The number of hydrogen-bond donors (Lipinski definition) is 1. The van der Waals surface area contributed by atoms with Crippen LogP contribution in [-0.2, 0) is 11.2 Å². The Balaban J connectivity index is 2.44. The van der Waals surface area contributed by atoms with Gasteiger partial charge in [-0.3, -0.25) is 4.79 Å². The first-order valence-corrected chi connectivity index (χ1v) is 6.05. The zero-order valence-electron chi connectivity index (χ0n) is 9.53. The second kappa shape index (κ2) is 5.55. The molecule has 0 bridgehead atoms. The number of carboxylic acids is 1. The van der Waals surface area contributed by atoms with Crippen molar-refractivity contribution in [2.75, 3.05) is 0 Å². The van der Waals surface area contributed by atoms with Crippen LogP contribution >= 0.6 is 23.2 Å². The molecule has 0 aliphatic carbocycles. The maximum absolute atomic E-state index is 13.7. The van der Waals surface area contributed by atoms with Crippen LogP contribution in [0.5, 0.6) is 0 Å². The van der Waals surface area contributed by atoms with Crippen molar-refractivity contribution in [1.29, 1.82) is 0 Å². The van der Waals surface area contributed by atoms with Gasteiger partial charge < -0.3 is 5.11 Å². The van der Waals surface area contributed by atoms with Crippen LogP contribution in [-0.4, -0.2) is 16.1 Å². The summed E-state index contributed by atoms with van der Waals surface area (Å²) in [6, 6.07) is 7.66. The monoisotopic (exact) mass is 299 g/mol. The first-order chi connectivity index (χ1) is 8.97. The van der Waals surface area contributed by atoms with E-state index in [0.29, 0.717) is 21.3 Å². The SMILES string of the molecule is O=C(O)Cc1ccc(-c2cc(Cl)ccc2Cl)nc1F. The number of pyridine rings is 1. The number of aliphatic carboxylic acids is 1. The molecule has 2 aromatic rings. The molecule has 1 aromatic carbocycles. The molecule has 0 aliphatic rings. The predicted octanol–water partition coefficient (Wildman–Crippen LogP) is 3.82. The maximum Gasteiger partial charge on any atom is 0.307 e. The van der Waals surface area contributed by atoms with Crippen molar-refractivity contribution >= 4 is 29.2 Å². The Hall–Kier alpha value is -1.65. The van der Waals surface area contributed by atoms with Crippen LogP contribution in [0.15, 0.2) is 30.3 Å². The van der Waals surface area contributed by atoms with E-state index in [1.54, 1.807) is 18.2 Å². The Labute approximate surface area is 118 Å². The zero-order chi connectivity index (χ0) is 14.0. The minimum Gasteiger partial charge on any atom is -0.481 e. The van der Waals surface area contributed by atoms with Crippen molar-refractivity contribution in [1.82, 2.24) is 4.98 Å². The van der Waals surface area contributed by atoms with Crippen molar-refractivity contribution in [2.24, 2.45) is 0 Å². The van der Waals surface area contributed by atoms with E-state index >= 15 is 0 Å². The molecule has 0 aliphatic heterocycles. The lowest BCUT2D eigenvalue weighted by molar-refractivity contribution is -0.136. The van der Waals surface area contributed by atoms with Crippen molar-refractivity contribution in [3.8, 4) is 11.3 Å². The average molecular weight is 300 g/mol. The predicted molar refractivity (Wildman–Crippen MR) is 71.0 cm³/mol. The highest BCUT2D eigenvalue weighted by Crippen LogP contribution is 2.29. The summed E-state index contributed by atoms with van der Waals surface area (Å²) < 4.78 is 13.7. The van der Waals surface area contributed by atoms with E-state index in [2.05, 4.69) is 4.98 Å². The standard InChI is InChI=1S/C13H8Cl2FNO2/c14-8-2-3-10(15)9(6-8)11-4-1-7(5-12(18)19)13(16)17-11/h1-4,6H,5H2,(H,18,19). The van der Waals surface area contributed by atoms with Gasteiger partial charge in [-0.1, -0.05) is 29.3 Å². The van der Waals surface area contributed by atoms with Crippen LogP contribution in [0, 0.1) is 5.95 Å². The molecule has 0 atom stereocenters. The first kappa shape index (κ1) is 13.8. The number of halogens is 3. The van der Waals surface area contributed by atoms with E-state index < -0.39 is 18.3 Å². The van der Waals surface area contributed by atoms with Gasteiger partial charge in [-0.2, -0.15) is 4.39 Å². The highest BCUT2D eigenvalue weighted by Gasteiger charge is 2.12. The zero-order valence-corrected chi connectivity index (χ0v) is 11.0. The molecule has 0 spiro atoms. The summed E-state index contributed by atoms with van der Waals surface area (Å²) in [5.74, 6) is -1.94. The first-order valence-electron chi connectivity index (χ1n) is 5.30. The summed E-state index contributed by atoms with van der Waals surface area (Å²) in [6.45, 7) is 0. The molecule has 0 amide bonds. The lowest BCUT2D eigenvalue weighted by atomic mass is 10.1. The van der Waals surface area contributed by atoms with Gasteiger partial charge in [0, 0.05) is 16.1 Å². The fraction of sp³-hybridized carbons (Fsp3) is 0.0769. The Morgan fingerprint density at radius 1 is 1.26 bits per heavy atom. The van der Waals surface area contributed by atoms with Crippen LogP contribution in [0.4, 0.5) is 4.39 Å². The van der Waals surface area contributed by atoms with Crippen molar-refractivity contribution in [3.05, 3.63) is 51.9 Å². The Kier molecular flexibility index (Phi) is 4.02.